The highest BCUT2D eigenvalue weighted by atomic mass is 16.6. The number of hydrogen-bond donors (Lipinski definition) is 0. The van der Waals surface area contributed by atoms with Crippen molar-refractivity contribution in [3.63, 3.8) is 0 Å². The van der Waals surface area contributed by atoms with Gasteiger partial charge >= 0.3 is 5.97 Å². The lowest BCUT2D eigenvalue weighted by Gasteiger charge is -2.12. The molecule has 0 aliphatic rings. The van der Waals surface area contributed by atoms with Crippen molar-refractivity contribution in [2.24, 2.45) is 0 Å². The molecule has 0 unspecified atom stereocenters. The fraction of sp³-hybridized carbons (Fsp3) is 0.833. The lowest BCUT2D eigenvalue weighted by Crippen LogP contribution is -2.24. The molecule has 0 amide bonds. The van der Waals surface area contributed by atoms with Crippen molar-refractivity contribution >= 4 is 5.97 Å². The summed E-state index contributed by atoms with van der Waals surface area (Å²) < 4.78 is 9.64. The van der Waals surface area contributed by atoms with Crippen LogP contribution in [0.25, 0.3) is 0 Å². The number of nitriles is 1. The molecule has 0 N–H and O–H groups in total. The third-order valence-corrected chi connectivity index (χ3v) is 2.50. The number of unbranched alkanes of at least 4 members (excludes halogenated alkanes) is 5. The van der Waals surface area contributed by atoms with Gasteiger partial charge in [-0.15, -0.1) is 0 Å². The van der Waals surface area contributed by atoms with Gasteiger partial charge in [0.2, 0.25) is 0 Å². The molecule has 0 spiro atoms. The average molecular weight is 227 g/mol. The summed E-state index contributed by atoms with van der Waals surface area (Å²) in [5, 5.41) is 8.34. The van der Waals surface area contributed by atoms with E-state index in [0.717, 1.165) is 32.1 Å². The van der Waals surface area contributed by atoms with Crippen LogP contribution < -0.4 is 0 Å². The van der Waals surface area contributed by atoms with Gasteiger partial charge in [0, 0.05) is 13.5 Å². The van der Waals surface area contributed by atoms with Crippen molar-refractivity contribution in [3.8, 4) is 6.07 Å². The third kappa shape index (κ3) is 7.24. The monoisotopic (exact) mass is 227 g/mol. The second kappa shape index (κ2) is 10.4. The van der Waals surface area contributed by atoms with Crippen molar-refractivity contribution in [2.75, 3.05) is 14.2 Å². The number of ether oxygens (including phenoxy) is 2. The van der Waals surface area contributed by atoms with Crippen LogP contribution in [-0.2, 0) is 14.3 Å². The molecule has 0 fully saturated rings. The van der Waals surface area contributed by atoms with E-state index in [1.54, 1.807) is 0 Å². The highest BCUT2D eigenvalue weighted by molar-refractivity contribution is 5.74. The van der Waals surface area contributed by atoms with Crippen molar-refractivity contribution in [3.05, 3.63) is 0 Å². The van der Waals surface area contributed by atoms with Gasteiger partial charge in [-0.2, -0.15) is 5.26 Å². The minimum atomic E-state index is -0.427. The van der Waals surface area contributed by atoms with E-state index in [-0.39, 0.29) is 5.97 Å². The number of carbonyl (C=O) groups is 1. The van der Waals surface area contributed by atoms with Crippen molar-refractivity contribution in [1.29, 1.82) is 5.26 Å². The average Bonchev–Trinajstić information content (AvgIpc) is 2.32. The zero-order chi connectivity index (χ0) is 12.2. The molecule has 16 heavy (non-hydrogen) atoms. The standard InChI is InChI=1S/C12H21NO3/c1-15-11(12(14)16-2)9-7-5-3-4-6-8-10-13/h11H,3-9H2,1-2H3/t11-/m1/s1. The maximum Gasteiger partial charge on any atom is 0.334 e. The molecule has 0 aromatic heterocycles. The minimum absolute atomic E-state index is 0.299. The first-order valence-corrected chi connectivity index (χ1v) is 5.73. The van der Waals surface area contributed by atoms with Crippen LogP contribution in [0.2, 0.25) is 0 Å². The number of esters is 1. The highest BCUT2D eigenvalue weighted by Gasteiger charge is 2.16. The van der Waals surface area contributed by atoms with Gasteiger partial charge in [0.15, 0.2) is 6.10 Å². The summed E-state index contributed by atoms with van der Waals surface area (Å²) in [6.45, 7) is 0. The first-order valence-electron chi connectivity index (χ1n) is 5.73. The van der Waals surface area contributed by atoms with Gasteiger partial charge in [-0.1, -0.05) is 25.7 Å². The van der Waals surface area contributed by atoms with Gasteiger partial charge in [-0.25, -0.2) is 4.79 Å². The largest absolute Gasteiger partial charge is 0.467 e. The quantitative estimate of drug-likeness (QED) is 0.448. The summed E-state index contributed by atoms with van der Waals surface area (Å²) in [4.78, 5) is 11.2. The Hall–Kier alpha value is -1.08. The van der Waals surface area contributed by atoms with E-state index in [4.69, 9.17) is 10.00 Å². The van der Waals surface area contributed by atoms with E-state index in [9.17, 15) is 4.79 Å². The SMILES string of the molecule is COC(=O)[C@@H](CCCCCCCC#N)OC. The summed E-state index contributed by atoms with van der Waals surface area (Å²) in [5.74, 6) is -0.299. The van der Waals surface area contributed by atoms with Crippen LogP contribution >= 0.6 is 0 Å². The molecule has 0 radical (unpaired) electrons. The predicted molar refractivity (Wildman–Crippen MR) is 60.7 cm³/mol. The number of hydrogen-bond acceptors (Lipinski definition) is 4. The molecule has 0 aliphatic heterocycles. The lowest BCUT2D eigenvalue weighted by atomic mass is 10.1. The second-order valence-electron chi connectivity index (χ2n) is 3.71. The van der Waals surface area contributed by atoms with E-state index in [1.165, 1.54) is 14.2 Å². The maximum absolute atomic E-state index is 11.2. The zero-order valence-electron chi connectivity index (χ0n) is 10.2. The van der Waals surface area contributed by atoms with E-state index >= 15 is 0 Å². The fourth-order valence-electron chi connectivity index (χ4n) is 1.53. The normalized spacial score (nSPS) is 11.8. The van der Waals surface area contributed by atoms with Crippen LogP contribution in [0.1, 0.15) is 44.9 Å². The van der Waals surface area contributed by atoms with Crippen LogP contribution in [0.15, 0.2) is 0 Å². The van der Waals surface area contributed by atoms with E-state index < -0.39 is 6.10 Å². The minimum Gasteiger partial charge on any atom is -0.467 e. The molecule has 0 bridgehead atoms. The Kier molecular flexibility index (Phi) is 9.73. The Balaban J connectivity index is 3.42. The molecule has 92 valence electrons. The fourth-order valence-corrected chi connectivity index (χ4v) is 1.53. The molecular weight excluding hydrogens is 206 g/mol. The van der Waals surface area contributed by atoms with Crippen molar-refractivity contribution in [1.82, 2.24) is 0 Å². The maximum atomic E-state index is 11.2. The van der Waals surface area contributed by atoms with Crippen LogP contribution in [0.4, 0.5) is 0 Å². The van der Waals surface area contributed by atoms with Crippen molar-refractivity contribution in [2.45, 2.75) is 51.0 Å². The summed E-state index contributed by atoms with van der Waals surface area (Å²) >= 11 is 0. The number of carbonyl (C=O) groups excluding carboxylic acids is 1. The van der Waals surface area contributed by atoms with Gasteiger partial charge in [-0.05, 0) is 12.8 Å². The summed E-state index contributed by atoms with van der Waals surface area (Å²) in [6.07, 6.45) is 6.13. The lowest BCUT2D eigenvalue weighted by molar-refractivity contribution is -0.152. The Morgan fingerprint density at radius 2 is 1.81 bits per heavy atom. The van der Waals surface area contributed by atoms with E-state index in [1.807, 2.05) is 0 Å². The Morgan fingerprint density at radius 3 is 2.38 bits per heavy atom. The van der Waals surface area contributed by atoms with Crippen LogP contribution in [0, 0.1) is 11.3 Å². The molecule has 0 saturated carbocycles. The molecular formula is C12H21NO3. The van der Waals surface area contributed by atoms with Crippen LogP contribution in [0.3, 0.4) is 0 Å². The zero-order valence-corrected chi connectivity index (χ0v) is 10.2. The molecule has 0 saturated heterocycles. The molecule has 0 aromatic carbocycles. The van der Waals surface area contributed by atoms with Gasteiger partial charge in [0.25, 0.3) is 0 Å². The smallest absolute Gasteiger partial charge is 0.334 e. The number of methoxy groups -OCH3 is 2. The summed E-state index contributed by atoms with van der Waals surface area (Å²) in [5.41, 5.74) is 0. The van der Waals surface area contributed by atoms with Crippen LogP contribution in [-0.4, -0.2) is 26.3 Å². The first-order chi connectivity index (χ1) is 7.76. The number of rotatable bonds is 9. The number of nitrogens with zero attached hydrogens (tertiary/aromatic N) is 1. The van der Waals surface area contributed by atoms with E-state index in [2.05, 4.69) is 10.8 Å². The molecule has 4 nitrogen and oxygen atoms in total. The molecule has 0 aromatic rings. The molecule has 0 aliphatic carbocycles. The molecule has 4 heteroatoms. The Labute approximate surface area is 97.5 Å². The van der Waals surface area contributed by atoms with E-state index in [0.29, 0.717) is 12.8 Å². The van der Waals surface area contributed by atoms with Gasteiger partial charge in [-0.3, -0.25) is 0 Å². The summed E-state index contributed by atoms with van der Waals surface area (Å²) in [6, 6.07) is 2.13. The molecule has 0 rings (SSSR count). The van der Waals surface area contributed by atoms with Gasteiger partial charge in [0.1, 0.15) is 0 Å². The Bertz CT molecular complexity index is 223. The van der Waals surface area contributed by atoms with Gasteiger partial charge in [0.05, 0.1) is 13.2 Å². The first kappa shape index (κ1) is 14.9. The summed E-state index contributed by atoms with van der Waals surface area (Å²) in [7, 11) is 2.89. The van der Waals surface area contributed by atoms with Crippen molar-refractivity contribution < 1.29 is 14.3 Å². The third-order valence-electron chi connectivity index (χ3n) is 2.50. The second-order valence-corrected chi connectivity index (χ2v) is 3.71. The van der Waals surface area contributed by atoms with Crippen LogP contribution in [0.5, 0.6) is 0 Å². The highest BCUT2D eigenvalue weighted by Crippen LogP contribution is 2.10. The molecule has 0 heterocycles. The Morgan fingerprint density at radius 1 is 1.19 bits per heavy atom. The molecule has 1 atom stereocenters. The topological polar surface area (TPSA) is 59.3 Å². The predicted octanol–water partition coefficient (Wildman–Crippen LogP) is 2.43. The van der Waals surface area contributed by atoms with Gasteiger partial charge < -0.3 is 9.47 Å².